The van der Waals surface area contributed by atoms with Crippen LogP contribution in [0.1, 0.15) is 21.5 Å². The van der Waals surface area contributed by atoms with Crippen molar-refractivity contribution in [2.75, 3.05) is 20.2 Å². The number of hydrogen-bond donors (Lipinski definition) is 2. The van der Waals surface area contributed by atoms with Crippen LogP contribution in [-0.4, -0.2) is 35.7 Å². The third-order valence-electron chi connectivity index (χ3n) is 5.90. The first-order valence-corrected chi connectivity index (χ1v) is 10.9. The standard InChI is InChI=1S/C26H26N4O2/c1-32-21-5-2-4-18(16-21)12-13-27-17-19-8-10-20(11-9-19)25-29-23-7-3-6-22-24(23)30(25)15-14-28-26(22)31/h2-11,16,27H,12-15,17H2,1H3,(H,28,31). The Bertz CT molecular complexity index is 1260. The number of rotatable bonds is 7. The Hall–Kier alpha value is -3.64. The molecule has 0 spiro atoms. The van der Waals surface area contributed by atoms with Gasteiger partial charge in [-0.3, -0.25) is 4.79 Å². The Morgan fingerprint density at radius 2 is 1.91 bits per heavy atom. The van der Waals surface area contributed by atoms with Crippen LogP contribution in [0.2, 0.25) is 0 Å². The second-order valence-electron chi connectivity index (χ2n) is 7.99. The second kappa shape index (κ2) is 8.85. The van der Waals surface area contributed by atoms with E-state index in [2.05, 4.69) is 51.6 Å². The molecule has 1 aromatic heterocycles. The first kappa shape index (κ1) is 20.3. The highest BCUT2D eigenvalue weighted by Crippen LogP contribution is 2.28. The van der Waals surface area contributed by atoms with Crippen molar-refractivity contribution in [3.63, 3.8) is 0 Å². The molecule has 2 N–H and O–H groups in total. The van der Waals surface area contributed by atoms with Gasteiger partial charge in [0.2, 0.25) is 0 Å². The number of benzene rings is 3. The summed E-state index contributed by atoms with van der Waals surface area (Å²) in [5.74, 6) is 1.77. The number of para-hydroxylation sites is 1. The van der Waals surface area contributed by atoms with Crippen LogP contribution in [0.15, 0.2) is 66.7 Å². The number of aromatic nitrogens is 2. The van der Waals surface area contributed by atoms with Crippen LogP contribution in [-0.2, 0) is 19.5 Å². The molecule has 3 aromatic carbocycles. The number of hydrogen-bond acceptors (Lipinski definition) is 4. The lowest BCUT2D eigenvalue weighted by Crippen LogP contribution is -2.24. The molecule has 6 heteroatoms. The Balaban J connectivity index is 1.28. The van der Waals surface area contributed by atoms with Gasteiger partial charge in [-0.25, -0.2) is 4.98 Å². The molecule has 1 amide bonds. The minimum Gasteiger partial charge on any atom is -0.497 e. The molecule has 5 rings (SSSR count). The van der Waals surface area contributed by atoms with E-state index in [1.54, 1.807) is 7.11 Å². The number of carbonyl (C=O) groups excluding carboxylic acids is 1. The minimum absolute atomic E-state index is 0.0313. The summed E-state index contributed by atoms with van der Waals surface area (Å²) in [7, 11) is 1.69. The first-order chi connectivity index (χ1) is 15.7. The van der Waals surface area contributed by atoms with Crippen LogP contribution < -0.4 is 15.4 Å². The molecule has 4 aromatic rings. The maximum Gasteiger partial charge on any atom is 0.253 e. The maximum atomic E-state index is 12.4. The van der Waals surface area contributed by atoms with Crippen LogP contribution in [0.4, 0.5) is 0 Å². The molecule has 0 saturated carbocycles. The fourth-order valence-electron chi connectivity index (χ4n) is 4.25. The number of nitrogens with zero attached hydrogens (tertiary/aromatic N) is 2. The van der Waals surface area contributed by atoms with Crippen LogP contribution in [0.5, 0.6) is 5.75 Å². The van der Waals surface area contributed by atoms with Gasteiger partial charge in [-0.15, -0.1) is 0 Å². The van der Waals surface area contributed by atoms with Gasteiger partial charge in [0, 0.05) is 25.2 Å². The maximum absolute atomic E-state index is 12.4. The number of imidazole rings is 1. The molecule has 2 heterocycles. The Kier molecular flexibility index (Phi) is 5.60. The lowest BCUT2D eigenvalue weighted by molar-refractivity contribution is 0.0956. The molecule has 0 aliphatic carbocycles. The van der Waals surface area contributed by atoms with Crippen molar-refractivity contribution < 1.29 is 9.53 Å². The van der Waals surface area contributed by atoms with Crippen molar-refractivity contribution in [2.45, 2.75) is 19.5 Å². The van der Waals surface area contributed by atoms with E-state index >= 15 is 0 Å². The summed E-state index contributed by atoms with van der Waals surface area (Å²) in [6, 6.07) is 22.4. The molecule has 32 heavy (non-hydrogen) atoms. The number of ether oxygens (including phenoxy) is 1. The van der Waals surface area contributed by atoms with Crippen molar-refractivity contribution in [1.82, 2.24) is 20.2 Å². The number of nitrogens with one attached hydrogen (secondary N) is 2. The fraction of sp³-hybridized carbons (Fsp3) is 0.231. The number of methoxy groups -OCH3 is 1. The first-order valence-electron chi connectivity index (χ1n) is 10.9. The van der Waals surface area contributed by atoms with E-state index in [0.717, 1.165) is 47.7 Å². The van der Waals surface area contributed by atoms with Gasteiger partial charge in [0.05, 0.1) is 23.7 Å². The molecule has 1 aliphatic rings. The molecule has 1 aliphatic heterocycles. The lowest BCUT2D eigenvalue weighted by Gasteiger charge is -2.09. The third-order valence-corrected chi connectivity index (χ3v) is 5.90. The molecular weight excluding hydrogens is 400 g/mol. The molecule has 0 radical (unpaired) electrons. The lowest BCUT2D eigenvalue weighted by atomic mass is 10.1. The van der Waals surface area contributed by atoms with Gasteiger partial charge in [-0.2, -0.15) is 0 Å². The molecular formula is C26H26N4O2. The largest absolute Gasteiger partial charge is 0.497 e. The summed E-state index contributed by atoms with van der Waals surface area (Å²) in [6.07, 6.45) is 0.953. The van der Waals surface area contributed by atoms with Gasteiger partial charge in [-0.05, 0) is 48.4 Å². The Morgan fingerprint density at radius 1 is 1.06 bits per heavy atom. The summed E-state index contributed by atoms with van der Waals surface area (Å²) >= 11 is 0. The highest BCUT2D eigenvalue weighted by atomic mass is 16.5. The average molecular weight is 427 g/mol. The van der Waals surface area contributed by atoms with E-state index in [1.807, 2.05) is 30.3 Å². The molecule has 0 unspecified atom stereocenters. The zero-order chi connectivity index (χ0) is 21.9. The molecule has 0 atom stereocenters. The normalized spacial score (nSPS) is 13.1. The zero-order valence-corrected chi connectivity index (χ0v) is 18.1. The van der Waals surface area contributed by atoms with E-state index in [1.165, 1.54) is 11.1 Å². The van der Waals surface area contributed by atoms with Gasteiger partial charge in [0.15, 0.2) is 0 Å². The van der Waals surface area contributed by atoms with Crippen molar-refractivity contribution in [3.05, 3.63) is 83.4 Å². The monoisotopic (exact) mass is 426 g/mol. The quantitative estimate of drug-likeness (QED) is 0.441. The number of carbonyl (C=O) groups is 1. The summed E-state index contributed by atoms with van der Waals surface area (Å²) in [6.45, 7) is 3.02. The summed E-state index contributed by atoms with van der Waals surface area (Å²) in [5, 5.41) is 6.48. The smallest absolute Gasteiger partial charge is 0.253 e. The average Bonchev–Trinajstić information content (AvgIpc) is 3.11. The highest BCUT2D eigenvalue weighted by molar-refractivity contribution is 6.06. The topological polar surface area (TPSA) is 68.2 Å². The summed E-state index contributed by atoms with van der Waals surface area (Å²) in [4.78, 5) is 17.2. The summed E-state index contributed by atoms with van der Waals surface area (Å²) in [5.41, 5.74) is 6.01. The van der Waals surface area contributed by atoms with Gasteiger partial charge >= 0.3 is 0 Å². The molecule has 0 fully saturated rings. The molecule has 0 saturated heterocycles. The van der Waals surface area contributed by atoms with Crippen molar-refractivity contribution >= 4 is 16.9 Å². The molecule has 6 nitrogen and oxygen atoms in total. The van der Waals surface area contributed by atoms with Crippen molar-refractivity contribution in [3.8, 4) is 17.1 Å². The number of amides is 1. The van der Waals surface area contributed by atoms with E-state index in [4.69, 9.17) is 9.72 Å². The van der Waals surface area contributed by atoms with E-state index < -0.39 is 0 Å². The molecule has 162 valence electrons. The van der Waals surface area contributed by atoms with Crippen LogP contribution >= 0.6 is 0 Å². The van der Waals surface area contributed by atoms with E-state index in [9.17, 15) is 4.79 Å². The van der Waals surface area contributed by atoms with E-state index in [-0.39, 0.29) is 5.91 Å². The fourth-order valence-corrected chi connectivity index (χ4v) is 4.25. The van der Waals surface area contributed by atoms with Gasteiger partial charge in [-0.1, -0.05) is 42.5 Å². The summed E-state index contributed by atoms with van der Waals surface area (Å²) < 4.78 is 7.45. The van der Waals surface area contributed by atoms with Crippen molar-refractivity contribution in [1.29, 1.82) is 0 Å². The minimum atomic E-state index is -0.0313. The predicted octanol–water partition coefficient (Wildman–Crippen LogP) is 3.79. The van der Waals surface area contributed by atoms with E-state index in [0.29, 0.717) is 18.7 Å². The SMILES string of the molecule is COc1cccc(CCNCc2ccc(-c3nc4cccc5c4n3CCNC5=O)cc2)c1. The molecule has 0 bridgehead atoms. The zero-order valence-electron chi connectivity index (χ0n) is 18.1. The Morgan fingerprint density at radius 3 is 2.75 bits per heavy atom. The van der Waals surface area contributed by atoms with Crippen molar-refractivity contribution in [2.24, 2.45) is 0 Å². The highest BCUT2D eigenvalue weighted by Gasteiger charge is 2.21. The Labute approximate surface area is 187 Å². The predicted molar refractivity (Wildman–Crippen MR) is 126 cm³/mol. The van der Waals surface area contributed by atoms with Gasteiger partial charge < -0.3 is 19.9 Å². The van der Waals surface area contributed by atoms with Gasteiger partial charge in [0.1, 0.15) is 11.6 Å². The second-order valence-corrected chi connectivity index (χ2v) is 7.99. The van der Waals surface area contributed by atoms with Crippen LogP contribution in [0.3, 0.4) is 0 Å². The third kappa shape index (κ3) is 3.97. The van der Waals surface area contributed by atoms with Crippen LogP contribution in [0, 0.1) is 0 Å². The van der Waals surface area contributed by atoms with Gasteiger partial charge in [0.25, 0.3) is 5.91 Å². The van der Waals surface area contributed by atoms with Crippen LogP contribution in [0.25, 0.3) is 22.4 Å².